The van der Waals surface area contributed by atoms with Gasteiger partial charge in [-0.2, -0.15) is 0 Å². The van der Waals surface area contributed by atoms with Crippen LogP contribution in [0.2, 0.25) is 0 Å². The van der Waals surface area contributed by atoms with Gasteiger partial charge in [0.25, 0.3) is 0 Å². The molecule has 17 heavy (non-hydrogen) atoms. The summed E-state index contributed by atoms with van der Waals surface area (Å²) < 4.78 is 5.46. The summed E-state index contributed by atoms with van der Waals surface area (Å²) in [4.78, 5) is 2.25. The van der Waals surface area contributed by atoms with Crippen LogP contribution < -0.4 is 11.3 Å². The van der Waals surface area contributed by atoms with Crippen molar-refractivity contribution in [2.45, 2.75) is 64.1 Å². The summed E-state index contributed by atoms with van der Waals surface area (Å²) in [5, 5.41) is 0. The second-order valence-electron chi connectivity index (χ2n) is 5.83. The Hall–Kier alpha value is -0.160. The van der Waals surface area contributed by atoms with E-state index in [2.05, 4.69) is 52.1 Å². The molecule has 3 N–H and O–H groups in total. The molecule has 0 saturated heterocycles. The largest absolute Gasteiger partial charge is 0.379 e. The molecule has 2 atom stereocenters. The number of hydrogen-bond donors (Lipinski definition) is 2. The molecule has 104 valence electrons. The predicted octanol–water partition coefficient (Wildman–Crippen LogP) is 1.75. The summed E-state index contributed by atoms with van der Waals surface area (Å²) in [7, 11) is 5.97. The second kappa shape index (κ2) is 6.69. The van der Waals surface area contributed by atoms with Crippen molar-refractivity contribution in [3.8, 4) is 0 Å². The summed E-state index contributed by atoms with van der Waals surface area (Å²) in [5.41, 5.74) is 2.96. The molecule has 0 amide bonds. The third-order valence-corrected chi connectivity index (χ3v) is 4.28. The van der Waals surface area contributed by atoms with Gasteiger partial charge in [0, 0.05) is 18.7 Å². The van der Waals surface area contributed by atoms with Crippen molar-refractivity contribution in [1.82, 2.24) is 10.3 Å². The van der Waals surface area contributed by atoms with E-state index in [1.165, 1.54) is 0 Å². The van der Waals surface area contributed by atoms with Crippen molar-refractivity contribution in [1.29, 1.82) is 0 Å². The molecule has 0 aromatic heterocycles. The molecule has 0 heterocycles. The maximum absolute atomic E-state index is 5.73. The van der Waals surface area contributed by atoms with E-state index >= 15 is 0 Å². The van der Waals surface area contributed by atoms with Crippen molar-refractivity contribution in [2.75, 3.05) is 21.2 Å². The summed E-state index contributed by atoms with van der Waals surface area (Å²) in [6.45, 7) is 8.67. The van der Waals surface area contributed by atoms with E-state index in [4.69, 9.17) is 10.6 Å². The monoisotopic (exact) mass is 245 g/mol. The number of nitrogens with one attached hydrogen (secondary N) is 1. The van der Waals surface area contributed by atoms with Crippen molar-refractivity contribution < 1.29 is 4.74 Å². The molecule has 0 saturated carbocycles. The van der Waals surface area contributed by atoms with Crippen LogP contribution in [0.3, 0.4) is 0 Å². The van der Waals surface area contributed by atoms with Gasteiger partial charge in [0.1, 0.15) is 0 Å². The van der Waals surface area contributed by atoms with Crippen LogP contribution in [0.1, 0.15) is 47.0 Å². The highest BCUT2D eigenvalue weighted by Crippen LogP contribution is 2.26. The number of hydrazine groups is 1. The molecule has 0 bridgehead atoms. The average Bonchev–Trinajstić information content (AvgIpc) is 2.28. The zero-order valence-corrected chi connectivity index (χ0v) is 12.6. The van der Waals surface area contributed by atoms with Crippen LogP contribution in [0.15, 0.2) is 0 Å². The quantitative estimate of drug-likeness (QED) is 0.505. The number of nitrogens with two attached hydrogens (primary N) is 1. The smallest absolute Gasteiger partial charge is 0.0623 e. The molecular weight excluding hydrogens is 214 g/mol. The zero-order chi connectivity index (χ0) is 13.7. The lowest BCUT2D eigenvalue weighted by Gasteiger charge is -2.43. The van der Waals surface area contributed by atoms with Gasteiger partial charge in [-0.05, 0) is 54.1 Å². The standard InChI is InChI=1S/C13H31N3O/c1-8-13(4,16(5)6)11(15-14)9-10-12(2,3)17-7/h11,15H,8-10,14H2,1-7H3. The highest BCUT2D eigenvalue weighted by atomic mass is 16.5. The van der Waals surface area contributed by atoms with E-state index in [1.54, 1.807) is 7.11 Å². The Morgan fingerprint density at radius 2 is 1.82 bits per heavy atom. The maximum Gasteiger partial charge on any atom is 0.0623 e. The third-order valence-electron chi connectivity index (χ3n) is 4.28. The Morgan fingerprint density at radius 1 is 1.29 bits per heavy atom. The Balaban J connectivity index is 4.62. The Bertz CT molecular complexity index is 219. The van der Waals surface area contributed by atoms with Crippen LogP contribution in [0.4, 0.5) is 0 Å². The van der Waals surface area contributed by atoms with Crippen LogP contribution in [-0.4, -0.2) is 43.3 Å². The first-order chi connectivity index (χ1) is 7.73. The Labute approximate surface area is 107 Å². The van der Waals surface area contributed by atoms with Gasteiger partial charge >= 0.3 is 0 Å². The van der Waals surface area contributed by atoms with Crippen LogP contribution >= 0.6 is 0 Å². The van der Waals surface area contributed by atoms with Crippen molar-refractivity contribution in [3.05, 3.63) is 0 Å². The first-order valence-electron chi connectivity index (χ1n) is 6.42. The first-order valence-corrected chi connectivity index (χ1v) is 6.42. The summed E-state index contributed by atoms with van der Waals surface area (Å²) in [6.07, 6.45) is 3.05. The second-order valence-corrected chi connectivity index (χ2v) is 5.83. The van der Waals surface area contributed by atoms with Crippen LogP contribution in [0, 0.1) is 0 Å². The topological polar surface area (TPSA) is 50.5 Å². The van der Waals surface area contributed by atoms with E-state index in [0.717, 1.165) is 19.3 Å². The van der Waals surface area contributed by atoms with E-state index in [9.17, 15) is 0 Å². The molecule has 4 heteroatoms. The Morgan fingerprint density at radius 3 is 2.12 bits per heavy atom. The highest BCUT2D eigenvalue weighted by Gasteiger charge is 2.35. The number of nitrogens with zero attached hydrogens (tertiary/aromatic N) is 1. The lowest BCUT2D eigenvalue weighted by molar-refractivity contribution is 0.00448. The number of ether oxygens (including phenoxy) is 1. The lowest BCUT2D eigenvalue weighted by atomic mass is 9.83. The van der Waals surface area contributed by atoms with Gasteiger partial charge in [0.05, 0.1) is 5.60 Å². The minimum Gasteiger partial charge on any atom is -0.379 e. The van der Waals surface area contributed by atoms with Crippen LogP contribution in [-0.2, 0) is 4.74 Å². The SMILES string of the molecule is CCC(C)(C(CCC(C)(C)OC)NN)N(C)C. The van der Waals surface area contributed by atoms with Crippen molar-refractivity contribution >= 4 is 0 Å². The number of rotatable bonds is 8. The molecule has 0 aliphatic rings. The van der Waals surface area contributed by atoms with E-state index in [1.807, 2.05) is 0 Å². The van der Waals surface area contributed by atoms with Crippen LogP contribution in [0.25, 0.3) is 0 Å². The highest BCUT2D eigenvalue weighted by molar-refractivity contribution is 4.94. The van der Waals surface area contributed by atoms with Gasteiger partial charge in [-0.3, -0.25) is 11.3 Å². The van der Waals surface area contributed by atoms with Gasteiger partial charge in [-0.1, -0.05) is 6.92 Å². The van der Waals surface area contributed by atoms with Gasteiger partial charge in [-0.25, -0.2) is 0 Å². The first kappa shape index (κ1) is 16.8. The maximum atomic E-state index is 5.73. The van der Waals surface area contributed by atoms with Gasteiger partial charge < -0.3 is 9.64 Å². The molecule has 4 nitrogen and oxygen atoms in total. The van der Waals surface area contributed by atoms with E-state index in [0.29, 0.717) is 0 Å². The summed E-state index contributed by atoms with van der Waals surface area (Å²) in [5.74, 6) is 5.73. The number of methoxy groups -OCH3 is 1. The van der Waals surface area contributed by atoms with Crippen molar-refractivity contribution in [2.24, 2.45) is 5.84 Å². The fraction of sp³-hybridized carbons (Fsp3) is 1.00. The number of likely N-dealkylation sites (N-methyl/N-ethyl adjacent to an activating group) is 1. The van der Waals surface area contributed by atoms with Crippen LogP contribution in [0.5, 0.6) is 0 Å². The van der Waals surface area contributed by atoms with Gasteiger partial charge in [-0.15, -0.1) is 0 Å². The van der Waals surface area contributed by atoms with E-state index in [-0.39, 0.29) is 17.2 Å². The predicted molar refractivity (Wildman–Crippen MR) is 73.8 cm³/mol. The lowest BCUT2D eigenvalue weighted by Crippen LogP contribution is -2.59. The van der Waals surface area contributed by atoms with Gasteiger partial charge in [0.15, 0.2) is 0 Å². The molecule has 0 fully saturated rings. The van der Waals surface area contributed by atoms with Crippen molar-refractivity contribution in [3.63, 3.8) is 0 Å². The average molecular weight is 245 g/mol. The molecule has 0 aliphatic heterocycles. The number of hydrogen-bond acceptors (Lipinski definition) is 4. The normalized spacial score (nSPS) is 18.2. The molecule has 0 aromatic rings. The fourth-order valence-electron chi connectivity index (χ4n) is 2.04. The van der Waals surface area contributed by atoms with Gasteiger partial charge in [0.2, 0.25) is 0 Å². The summed E-state index contributed by atoms with van der Waals surface area (Å²) >= 11 is 0. The minimum atomic E-state index is -0.0872. The molecule has 0 rings (SSSR count). The molecule has 2 unspecified atom stereocenters. The van der Waals surface area contributed by atoms with E-state index < -0.39 is 0 Å². The molecule has 0 radical (unpaired) electrons. The molecule has 0 spiro atoms. The fourth-order valence-corrected chi connectivity index (χ4v) is 2.04. The summed E-state index contributed by atoms with van der Waals surface area (Å²) in [6, 6.07) is 0.261. The minimum absolute atomic E-state index is 0.0680. The Kier molecular flexibility index (Phi) is 6.62. The zero-order valence-electron chi connectivity index (χ0n) is 12.6. The molecule has 0 aromatic carbocycles. The third kappa shape index (κ3) is 4.54. The molecular formula is C13H31N3O. The molecule has 0 aliphatic carbocycles.